The molecule has 1 aliphatic rings. The smallest absolute Gasteiger partial charge is 0.404 e. The second-order valence-electron chi connectivity index (χ2n) is 8.89. The van der Waals surface area contributed by atoms with Crippen molar-refractivity contribution in [3.05, 3.63) is 64.3 Å². The molecule has 0 saturated carbocycles. The van der Waals surface area contributed by atoms with Crippen molar-refractivity contribution in [3.8, 4) is 11.4 Å². The van der Waals surface area contributed by atoms with Crippen LogP contribution in [0.15, 0.2) is 41.5 Å². The van der Waals surface area contributed by atoms with Crippen molar-refractivity contribution in [1.29, 1.82) is 0 Å². The summed E-state index contributed by atoms with van der Waals surface area (Å²) in [6, 6.07) is 9.12. The van der Waals surface area contributed by atoms with Gasteiger partial charge in [0.25, 0.3) is 5.91 Å². The average molecular weight is 512 g/mol. The van der Waals surface area contributed by atoms with Crippen LogP contribution in [0.1, 0.15) is 52.5 Å². The van der Waals surface area contributed by atoms with Crippen LogP contribution in [0.5, 0.6) is 0 Å². The molecule has 0 saturated heterocycles. The maximum absolute atomic E-state index is 12.4. The van der Waals surface area contributed by atoms with Crippen molar-refractivity contribution in [2.24, 2.45) is 10.7 Å². The van der Waals surface area contributed by atoms with E-state index >= 15 is 0 Å². The summed E-state index contributed by atoms with van der Waals surface area (Å²) in [6.45, 7) is 6.99. The molecule has 2 aromatic carbocycles. The van der Waals surface area contributed by atoms with Gasteiger partial charge in [-0.1, -0.05) is 18.2 Å². The van der Waals surface area contributed by atoms with Crippen LogP contribution in [0.2, 0.25) is 0 Å². The van der Waals surface area contributed by atoms with Gasteiger partial charge in [-0.2, -0.15) is 18.2 Å². The van der Waals surface area contributed by atoms with Gasteiger partial charge in [0.1, 0.15) is 6.54 Å². The average Bonchev–Trinajstić information content (AvgIpc) is 3.36. The van der Waals surface area contributed by atoms with Gasteiger partial charge in [-0.25, -0.2) is 4.68 Å². The molecule has 37 heavy (non-hydrogen) atoms. The highest BCUT2D eigenvalue weighted by Crippen LogP contribution is 2.32. The number of hydrogen-bond donors (Lipinski definition) is 3. The van der Waals surface area contributed by atoms with Gasteiger partial charge in [-0.15, -0.1) is 5.10 Å². The summed E-state index contributed by atoms with van der Waals surface area (Å²) in [4.78, 5) is 20.3. The van der Waals surface area contributed by atoms with Gasteiger partial charge in [0.15, 0.2) is 5.82 Å². The first kappa shape index (κ1) is 25.9. The molecule has 11 heteroatoms. The van der Waals surface area contributed by atoms with E-state index in [1.807, 2.05) is 52.0 Å². The lowest BCUT2D eigenvalue weighted by molar-refractivity contribution is -0.118. The molecule has 0 spiro atoms. The summed E-state index contributed by atoms with van der Waals surface area (Å²) in [5, 5.41) is 10.9. The third kappa shape index (κ3) is 5.50. The number of allylic oxidation sites excluding steroid dienone is 1. The number of aryl methyl sites for hydroxylation is 3. The van der Waals surface area contributed by atoms with E-state index in [-0.39, 0.29) is 11.9 Å². The number of amides is 1. The normalized spacial score (nSPS) is 15.8. The standard InChI is InChI=1S/C26H28F3N7O/c1-5-36-25(33-22-10-20-16(4)32-24(37)21(20)9-15(22)3)34-23(35-36)19-7-6-17(8-14(19)2)18(11-30)12-31-13-26(27,28)29/h6-12,16H,5,13,30H2,1-4H3,(H,32,37)(H,33,34,35). The van der Waals surface area contributed by atoms with Gasteiger partial charge in [0.2, 0.25) is 5.95 Å². The molecule has 1 aromatic heterocycles. The summed E-state index contributed by atoms with van der Waals surface area (Å²) in [5.41, 5.74) is 11.6. The number of aromatic nitrogens is 3. The molecule has 0 radical (unpaired) electrons. The molecule has 1 atom stereocenters. The van der Waals surface area contributed by atoms with E-state index < -0.39 is 12.7 Å². The first-order chi connectivity index (χ1) is 17.5. The molecule has 8 nitrogen and oxygen atoms in total. The largest absolute Gasteiger partial charge is 0.407 e. The lowest BCUT2D eigenvalue weighted by Gasteiger charge is -2.12. The lowest BCUT2D eigenvalue weighted by atomic mass is 10.0. The number of alkyl halides is 3. The number of benzene rings is 2. The number of carbonyl (C=O) groups excluding carboxylic acids is 1. The summed E-state index contributed by atoms with van der Waals surface area (Å²) in [6.07, 6.45) is -2.03. The molecule has 0 bridgehead atoms. The fourth-order valence-electron chi connectivity index (χ4n) is 4.21. The van der Waals surface area contributed by atoms with Crippen LogP contribution in [-0.4, -0.2) is 39.6 Å². The van der Waals surface area contributed by atoms with Gasteiger partial charge in [-0.05, 0) is 62.1 Å². The second-order valence-corrected chi connectivity index (χ2v) is 8.89. The van der Waals surface area contributed by atoms with Crippen molar-refractivity contribution >= 4 is 29.3 Å². The predicted molar refractivity (Wildman–Crippen MR) is 138 cm³/mol. The van der Waals surface area contributed by atoms with Crippen LogP contribution >= 0.6 is 0 Å². The fraction of sp³-hybridized carbons (Fsp3) is 0.308. The van der Waals surface area contributed by atoms with Crippen LogP contribution in [-0.2, 0) is 6.54 Å². The summed E-state index contributed by atoms with van der Waals surface area (Å²) in [5.74, 6) is 0.978. The third-order valence-electron chi connectivity index (χ3n) is 6.15. The van der Waals surface area contributed by atoms with E-state index in [0.717, 1.165) is 34.2 Å². The topological polar surface area (TPSA) is 110 Å². The van der Waals surface area contributed by atoms with Crippen molar-refractivity contribution in [2.45, 2.75) is 46.5 Å². The minimum atomic E-state index is -4.38. The molecular formula is C26H28F3N7O. The van der Waals surface area contributed by atoms with Crippen LogP contribution in [0, 0.1) is 13.8 Å². The van der Waals surface area contributed by atoms with Gasteiger partial charge in [0, 0.05) is 41.3 Å². The Kier molecular flexibility index (Phi) is 7.06. The van der Waals surface area contributed by atoms with Gasteiger partial charge >= 0.3 is 6.18 Å². The Bertz CT molecular complexity index is 1410. The minimum Gasteiger partial charge on any atom is -0.404 e. The number of anilines is 2. The zero-order valence-electron chi connectivity index (χ0n) is 20.9. The molecule has 3 aromatic rings. The minimum absolute atomic E-state index is 0.0737. The number of halogens is 3. The number of nitrogens with one attached hydrogen (secondary N) is 2. The van der Waals surface area contributed by atoms with Crippen LogP contribution in [0.4, 0.5) is 24.8 Å². The molecule has 0 aliphatic carbocycles. The highest BCUT2D eigenvalue weighted by Gasteiger charge is 2.27. The number of nitrogens with zero attached hydrogens (tertiary/aromatic N) is 4. The van der Waals surface area contributed by atoms with Gasteiger partial charge in [0.05, 0.1) is 6.04 Å². The van der Waals surface area contributed by atoms with E-state index in [2.05, 4.69) is 20.7 Å². The predicted octanol–water partition coefficient (Wildman–Crippen LogP) is 5.06. The molecule has 1 unspecified atom stereocenters. The first-order valence-corrected chi connectivity index (χ1v) is 11.8. The zero-order chi connectivity index (χ0) is 26.9. The van der Waals surface area contributed by atoms with Crippen molar-refractivity contribution in [2.75, 3.05) is 11.9 Å². The fourth-order valence-corrected chi connectivity index (χ4v) is 4.21. The molecule has 2 heterocycles. The van der Waals surface area contributed by atoms with Gasteiger partial charge in [-0.3, -0.25) is 9.79 Å². The third-order valence-corrected chi connectivity index (χ3v) is 6.15. The second kappa shape index (κ2) is 10.1. The number of rotatable bonds is 7. The Labute approximate surface area is 212 Å². The molecule has 194 valence electrons. The summed E-state index contributed by atoms with van der Waals surface area (Å²) < 4.78 is 39.0. The van der Waals surface area contributed by atoms with Crippen molar-refractivity contribution in [3.63, 3.8) is 0 Å². The molecular weight excluding hydrogens is 483 g/mol. The molecule has 4 N–H and O–H groups in total. The number of hydrogen-bond acceptors (Lipinski definition) is 6. The van der Waals surface area contributed by atoms with E-state index in [0.29, 0.717) is 35.0 Å². The molecule has 1 aliphatic heterocycles. The number of nitrogens with two attached hydrogens (primary N) is 1. The quantitative estimate of drug-likeness (QED) is 0.384. The maximum atomic E-state index is 12.4. The number of fused-ring (bicyclic) bond motifs is 1. The number of aliphatic imine (C=N–C) groups is 1. The Hall–Kier alpha value is -4.15. The van der Waals surface area contributed by atoms with Gasteiger partial charge < -0.3 is 16.4 Å². The van der Waals surface area contributed by atoms with Crippen LogP contribution in [0.25, 0.3) is 17.0 Å². The van der Waals surface area contributed by atoms with E-state index in [1.165, 1.54) is 6.20 Å². The monoisotopic (exact) mass is 511 g/mol. The Morgan fingerprint density at radius 2 is 1.97 bits per heavy atom. The van der Waals surface area contributed by atoms with E-state index in [1.54, 1.807) is 10.7 Å². The maximum Gasteiger partial charge on any atom is 0.407 e. The van der Waals surface area contributed by atoms with E-state index in [4.69, 9.17) is 10.7 Å². The zero-order valence-corrected chi connectivity index (χ0v) is 20.9. The van der Waals surface area contributed by atoms with Crippen LogP contribution < -0.4 is 16.4 Å². The van der Waals surface area contributed by atoms with E-state index in [9.17, 15) is 18.0 Å². The Balaban J connectivity index is 1.61. The Morgan fingerprint density at radius 3 is 2.62 bits per heavy atom. The van der Waals surface area contributed by atoms with Crippen molar-refractivity contribution in [1.82, 2.24) is 20.1 Å². The number of carbonyl (C=O) groups is 1. The SMILES string of the molecule is CCn1nc(-c2ccc(C(C=NCC(F)(F)F)=CN)cc2C)nc1Nc1cc2c(cc1C)C(=O)NC2C. The highest BCUT2D eigenvalue weighted by atomic mass is 19.4. The first-order valence-electron chi connectivity index (χ1n) is 11.8. The molecule has 4 rings (SSSR count). The van der Waals surface area contributed by atoms with Crippen LogP contribution in [0.3, 0.4) is 0 Å². The molecule has 1 amide bonds. The summed E-state index contributed by atoms with van der Waals surface area (Å²) in [7, 11) is 0. The lowest BCUT2D eigenvalue weighted by Crippen LogP contribution is -2.16. The van der Waals surface area contributed by atoms with Crippen molar-refractivity contribution < 1.29 is 18.0 Å². The summed E-state index contributed by atoms with van der Waals surface area (Å²) >= 11 is 0. The molecule has 0 fully saturated rings. The highest BCUT2D eigenvalue weighted by molar-refractivity contribution is 6.09. The Morgan fingerprint density at radius 1 is 1.22 bits per heavy atom.